The first-order valence-corrected chi connectivity index (χ1v) is 11.4. The Kier molecular flexibility index (Phi) is 8.76. The zero-order valence-electron chi connectivity index (χ0n) is 18.3. The first-order chi connectivity index (χ1) is 14.6. The maximum absolute atomic E-state index is 13.1. The van der Waals surface area contributed by atoms with Crippen molar-refractivity contribution in [3.05, 3.63) is 36.0 Å². The van der Waals surface area contributed by atoms with Gasteiger partial charge in [0.25, 0.3) is 5.91 Å². The Bertz CT molecular complexity index is 909. The molecule has 10 heteroatoms. The first-order valence-electron chi connectivity index (χ1n) is 9.99. The van der Waals surface area contributed by atoms with Crippen LogP contribution >= 0.6 is 11.8 Å². The molecule has 31 heavy (non-hydrogen) atoms. The minimum Gasteiger partial charge on any atom is -0.444 e. The van der Waals surface area contributed by atoms with Crippen molar-refractivity contribution in [2.24, 2.45) is 5.84 Å². The van der Waals surface area contributed by atoms with E-state index in [0.29, 0.717) is 12.2 Å². The largest absolute Gasteiger partial charge is 0.444 e. The third kappa shape index (κ3) is 7.48. The molecule has 0 aliphatic rings. The molecule has 9 nitrogen and oxygen atoms in total. The van der Waals surface area contributed by atoms with Gasteiger partial charge in [0.2, 0.25) is 5.91 Å². The molecule has 6 N–H and O–H groups in total. The van der Waals surface area contributed by atoms with Gasteiger partial charge >= 0.3 is 6.09 Å². The number of ether oxygens (including phenoxy) is 1. The Morgan fingerprint density at radius 2 is 1.84 bits per heavy atom. The number of hydrogen-bond acceptors (Lipinski definition) is 6. The summed E-state index contributed by atoms with van der Waals surface area (Å²) < 4.78 is 5.32. The van der Waals surface area contributed by atoms with E-state index in [0.717, 1.165) is 16.5 Å². The minimum absolute atomic E-state index is 0.217. The van der Waals surface area contributed by atoms with Gasteiger partial charge in [0.05, 0.1) is 0 Å². The third-order valence-electron chi connectivity index (χ3n) is 4.49. The zero-order valence-corrected chi connectivity index (χ0v) is 19.1. The number of fused-ring (bicyclic) bond motifs is 1. The van der Waals surface area contributed by atoms with Crippen LogP contribution in [0.2, 0.25) is 0 Å². The van der Waals surface area contributed by atoms with Gasteiger partial charge in [0.1, 0.15) is 17.7 Å². The van der Waals surface area contributed by atoms with Crippen molar-refractivity contribution in [2.45, 2.75) is 51.3 Å². The predicted octanol–water partition coefficient (Wildman–Crippen LogP) is 1.83. The molecule has 0 aliphatic carbocycles. The number of thioether (sulfide) groups is 1. The maximum atomic E-state index is 13.1. The molecule has 170 valence electrons. The Labute approximate surface area is 186 Å². The summed E-state index contributed by atoms with van der Waals surface area (Å²) in [6, 6.07) is 5.92. The van der Waals surface area contributed by atoms with Crippen molar-refractivity contribution in [1.82, 2.24) is 21.0 Å². The topological polar surface area (TPSA) is 138 Å². The number of nitrogens with two attached hydrogens (primary N) is 1. The predicted molar refractivity (Wildman–Crippen MR) is 122 cm³/mol. The van der Waals surface area contributed by atoms with E-state index in [9.17, 15) is 14.4 Å². The Hall–Kier alpha value is -2.72. The lowest BCUT2D eigenvalue weighted by atomic mass is 10.0. The number of alkyl carbamates (subject to hydrolysis) is 1. The number of carbonyl (C=O) groups excluding carboxylic acids is 3. The fourth-order valence-corrected chi connectivity index (χ4v) is 3.53. The Morgan fingerprint density at radius 3 is 2.48 bits per heavy atom. The van der Waals surface area contributed by atoms with E-state index in [2.05, 4.69) is 21.0 Å². The SMILES string of the molecule is CSCC[C@@H](NC(=O)[C@@H](Cc1c[nH]c2ccccc12)NC(=O)OC(C)(C)C)C(=O)NN. The maximum Gasteiger partial charge on any atom is 0.408 e. The normalized spacial score (nSPS) is 13.3. The number of aromatic nitrogens is 1. The summed E-state index contributed by atoms with van der Waals surface area (Å²) in [7, 11) is 0. The highest BCUT2D eigenvalue weighted by molar-refractivity contribution is 7.98. The number of hydrazine groups is 1. The lowest BCUT2D eigenvalue weighted by Gasteiger charge is -2.25. The van der Waals surface area contributed by atoms with Crippen LogP contribution in [0.25, 0.3) is 10.9 Å². The van der Waals surface area contributed by atoms with Crippen LogP contribution in [0.4, 0.5) is 4.79 Å². The third-order valence-corrected chi connectivity index (χ3v) is 5.14. The van der Waals surface area contributed by atoms with Crippen molar-refractivity contribution in [2.75, 3.05) is 12.0 Å². The number of hydrogen-bond donors (Lipinski definition) is 5. The van der Waals surface area contributed by atoms with E-state index in [1.807, 2.05) is 30.5 Å². The van der Waals surface area contributed by atoms with Crippen molar-refractivity contribution in [3.63, 3.8) is 0 Å². The molecule has 0 fully saturated rings. The average Bonchev–Trinajstić information content (AvgIpc) is 3.11. The van der Waals surface area contributed by atoms with E-state index in [1.54, 1.807) is 38.7 Å². The first kappa shape index (κ1) is 24.5. The summed E-state index contributed by atoms with van der Waals surface area (Å²) in [6.45, 7) is 5.22. The summed E-state index contributed by atoms with van der Waals surface area (Å²) in [5, 5.41) is 6.29. The van der Waals surface area contributed by atoms with Crippen LogP contribution in [0, 0.1) is 0 Å². The quantitative estimate of drug-likeness (QED) is 0.225. The molecule has 2 aromatic rings. The fourth-order valence-electron chi connectivity index (χ4n) is 3.06. The average molecular weight is 450 g/mol. The minimum atomic E-state index is -0.948. The van der Waals surface area contributed by atoms with Crippen LogP contribution in [-0.4, -0.2) is 52.6 Å². The molecule has 1 aromatic heterocycles. The number of carbonyl (C=O) groups is 3. The molecule has 0 saturated carbocycles. The van der Waals surface area contributed by atoms with Gasteiger partial charge in [-0.05, 0) is 50.8 Å². The van der Waals surface area contributed by atoms with Gasteiger partial charge in [-0.15, -0.1) is 0 Å². The molecule has 0 spiro atoms. The second kappa shape index (κ2) is 11.1. The smallest absolute Gasteiger partial charge is 0.408 e. The summed E-state index contributed by atoms with van der Waals surface area (Å²) in [5.74, 6) is 4.94. The van der Waals surface area contributed by atoms with Gasteiger partial charge in [-0.3, -0.25) is 15.0 Å². The highest BCUT2D eigenvalue weighted by Crippen LogP contribution is 2.19. The van der Waals surface area contributed by atoms with Gasteiger partial charge in [0, 0.05) is 23.5 Å². The molecule has 0 bridgehead atoms. The van der Waals surface area contributed by atoms with Crippen molar-refractivity contribution < 1.29 is 19.1 Å². The number of nitrogens with one attached hydrogen (secondary N) is 4. The van der Waals surface area contributed by atoms with E-state index >= 15 is 0 Å². The van der Waals surface area contributed by atoms with Crippen LogP contribution in [0.3, 0.4) is 0 Å². The van der Waals surface area contributed by atoms with E-state index in [1.165, 1.54) is 0 Å². The molecule has 2 atom stereocenters. The van der Waals surface area contributed by atoms with E-state index in [4.69, 9.17) is 10.6 Å². The number of para-hydroxylation sites is 1. The van der Waals surface area contributed by atoms with Crippen LogP contribution in [0.15, 0.2) is 30.5 Å². The lowest BCUT2D eigenvalue weighted by Crippen LogP contribution is -2.55. The Morgan fingerprint density at radius 1 is 1.13 bits per heavy atom. The summed E-state index contributed by atoms with van der Waals surface area (Å²) in [5.41, 5.74) is 3.15. The highest BCUT2D eigenvalue weighted by Gasteiger charge is 2.29. The number of aromatic amines is 1. The molecule has 1 aromatic carbocycles. The summed E-state index contributed by atoms with van der Waals surface area (Å²) in [6.07, 6.45) is 3.62. The number of H-pyrrole nitrogens is 1. The molecule has 0 unspecified atom stereocenters. The van der Waals surface area contributed by atoms with Gasteiger partial charge < -0.3 is 20.4 Å². The van der Waals surface area contributed by atoms with Gasteiger partial charge in [0.15, 0.2) is 0 Å². The monoisotopic (exact) mass is 449 g/mol. The Balaban J connectivity index is 2.23. The molecule has 3 amide bonds. The zero-order chi connectivity index (χ0) is 23.0. The van der Waals surface area contributed by atoms with Crippen molar-refractivity contribution in [1.29, 1.82) is 0 Å². The molecule has 0 aliphatic heterocycles. The number of amides is 3. The molecule has 1 heterocycles. The van der Waals surface area contributed by atoms with Gasteiger partial charge in [-0.1, -0.05) is 18.2 Å². The van der Waals surface area contributed by atoms with E-state index < -0.39 is 35.6 Å². The van der Waals surface area contributed by atoms with Crippen LogP contribution < -0.4 is 21.9 Å². The van der Waals surface area contributed by atoms with Crippen molar-refractivity contribution in [3.8, 4) is 0 Å². The highest BCUT2D eigenvalue weighted by atomic mass is 32.2. The van der Waals surface area contributed by atoms with Gasteiger partial charge in [-0.2, -0.15) is 11.8 Å². The number of rotatable bonds is 9. The number of benzene rings is 1. The lowest BCUT2D eigenvalue weighted by molar-refractivity contribution is -0.130. The fraction of sp³-hybridized carbons (Fsp3) is 0.476. The van der Waals surface area contributed by atoms with Crippen LogP contribution in [0.5, 0.6) is 0 Å². The molecular weight excluding hydrogens is 418 g/mol. The molecule has 0 radical (unpaired) electrons. The summed E-state index contributed by atoms with van der Waals surface area (Å²) in [4.78, 5) is 40.7. The second-order valence-electron chi connectivity index (χ2n) is 8.11. The standard InChI is InChI=1S/C21H31N5O4S/c1-21(2,3)30-20(29)25-17(11-13-12-23-15-8-6-5-7-14(13)15)18(27)24-16(9-10-31-4)19(28)26-22/h5-8,12,16-17,23H,9-11,22H2,1-4H3,(H,24,27)(H,25,29)(H,26,28)/t16-,17-/m1/s1. The second-order valence-corrected chi connectivity index (χ2v) is 9.10. The summed E-state index contributed by atoms with van der Waals surface area (Å²) >= 11 is 1.55. The van der Waals surface area contributed by atoms with E-state index in [-0.39, 0.29) is 6.42 Å². The van der Waals surface area contributed by atoms with Crippen LogP contribution in [-0.2, 0) is 20.7 Å². The molecule has 0 saturated heterocycles. The van der Waals surface area contributed by atoms with Crippen molar-refractivity contribution >= 4 is 40.6 Å². The molecular formula is C21H31N5O4S. The van der Waals surface area contributed by atoms with Crippen LogP contribution in [0.1, 0.15) is 32.8 Å². The molecule has 2 rings (SSSR count). The van der Waals surface area contributed by atoms with Gasteiger partial charge in [-0.25, -0.2) is 10.6 Å².